The van der Waals surface area contributed by atoms with Gasteiger partial charge in [0.25, 0.3) is 0 Å². The van der Waals surface area contributed by atoms with Crippen molar-refractivity contribution in [1.29, 1.82) is 0 Å². The number of aromatic nitrogens is 1. The molecule has 0 bridgehead atoms. The van der Waals surface area contributed by atoms with Gasteiger partial charge in [0.15, 0.2) is 0 Å². The molecule has 0 aliphatic rings. The van der Waals surface area contributed by atoms with Crippen LogP contribution in [0.3, 0.4) is 0 Å². The van der Waals surface area contributed by atoms with Crippen LogP contribution in [-0.4, -0.2) is 5.16 Å². The Morgan fingerprint density at radius 2 is 1.81 bits per heavy atom. The Labute approximate surface area is 97.7 Å². The van der Waals surface area contributed by atoms with E-state index in [1.807, 2.05) is 12.1 Å². The molecule has 0 N–H and O–H groups in total. The topological polar surface area (TPSA) is 43.1 Å². The molecule has 1 aromatic carbocycles. The summed E-state index contributed by atoms with van der Waals surface area (Å²) in [5.41, 5.74) is 2.58. The lowest BCUT2D eigenvalue weighted by Crippen LogP contribution is -2.08. The van der Waals surface area contributed by atoms with Gasteiger partial charge in [0.2, 0.25) is 0 Å². The van der Waals surface area contributed by atoms with Crippen molar-refractivity contribution in [2.45, 2.75) is 13.8 Å². The van der Waals surface area contributed by atoms with Gasteiger partial charge in [-0.25, -0.2) is 4.79 Å². The fourth-order valence-electron chi connectivity index (χ4n) is 1.64. The van der Waals surface area contributed by atoms with E-state index in [-0.39, 0.29) is 0 Å². The van der Waals surface area contributed by atoms with Crippen LogP contribution in [0.25, 0.3) is 11.1 Å². The van der Waals surface area contributed by atoms with Crippen molar-refractivity contribution in [1.82, 2.24) is 5.16 Å². The lowest BCUT2D eigenvalue weighted by Gasteiger charge is -2.06. The summed E-state index contributed by atoms with van der Waals surface area (Å²) in [6.45, 7) is 3.53. The molecule has 0 fully saturated rings. The van der Waals surface area contributed by atoms with Gasteiger partial charge in [-0.3, -0.25) is 0 Å². The zero-order valence-corrected chi connectivity index (χ0v) is 9.71. The molecular formula is C12H10ClNO2. The molecule has 4 heteroatoms. The monoisotopic (exact) mass is 235 g/mol. The molecule has 0 aliphatic carbocycles. The van der Waals surface area contributed by atoms with E-state index in [9.17, 15) is 4.79 Å². The lowest BCUT2D eigenvalue weighted by molar-refractivity contribution is 0.360. The Kier molecular flexibility index (Phi) is 2.79. The largest absolute Gasteiger partial charge is 0.362 e. The molecule has 1 aromatic heterocycles. The molecule has 0 saturated carbocycles. The van der Waals surface area contributed by atoms with Crippen LogP contribution in [0.1, 0.15) is 11.3 Å². The van der Waals surface area contributed by atoms with Crippen molar-refractivity contribution >= 4 is 11.6 Å². The van der Waals surface area contributed by atoms with Crippen LogP contribution >= 0.6 is 11.6 Å². The second-order valence-corrected chi connectivity index (χ2v) is 4.00. The van der Waals surface area contributed by atoms with Gasteiger partial charge in [0.1, 0.15) is 0 Å². The van der Waals surface area contributed by atoms with Gasteiger partial charge >= 0.3 is 5.63 Å². The number of halogens is 1. The Hall–Kier alpha value is -1.61. The van der Waals surface area contributed by atoms with Crippen LogP contribution in [-0.2, 0) is 0 Å². The van der Waals surface area contributed by atoms with Gasteiger partial charge in [0, 0.05) is 16.1 Å². The zero-order valence-electron chi connectivity index (χ0n) is 8.95. The highest BCUT2D eigenvalue weighted by Crippen LogP contribution is 2.25. The fraction of sp³-hybridized carbons (Fsp3) is 0.167. The van der Waals surface area contributed by atoms with Crippen LogP contribution in [0.4, 0.5) is 0 Å². The molecule has 0 atom stereocenters. The van der Waals surface area contributed by atoms with Crippen LogP contribution in [0, 0.1) is 13.8 Å². The highest BCUT2D eigenvalue weighted by Gasteiger charge is 2.11. The summed E-state index contributed by atoms with van der Waals surface area (Å²) in [5, 5.41) is 4.38. The third kappa shape index (κ3) is 1.86. The number of hydrogen-bond acceptors (Lipinski definition) is 3. The van der Waals surface area contributed by atoms with Crippen molar-refractivity contribution in [3.8, 4) is 11.1 Å². The van der Waals surface area contributed by atoms with Crippen LogP contribution < -0.4 is 5.63 Å². The fourth-order valence-corrected chi connectivity index (χ4v) is 1.77. The van der Waals surface area contributed by atoms with E-state index in [0.717, 1.165) is 11.1 Å². The first-order chi connectivity index (χ1) is 7.59. The van der Waals surface area contributed by atoms with Gasteiger partial charge in [-0.05, 0) is 31.5 Å². The first kappa shape index (κ1) is 10.9. The molecule has 3 nitrogen and oxygen atoms in total. The third-order valence-corrected chi connectivity index (χ3v) is 2.69. The van der Waals surface area contributed by atoms with Gasteiger partial charge in [0.05, 0.1) is 5.69 Å². The Balaban J connectivity index is 2.68. The predicted octanol–water partition coefficient (Wildman–Crippen LogP) is 2.97. The Morgan fingerprint density at radius 3 is 2.44 bits per heavy atom. The summed E-state index contributed by atoms with van der Waals surface area (Å²) in [6.07, 6.45) is 0. The van der Waals surface area contributed by atoms with Crippen molar-refractivity contribution in [2.75, 3.05) is 0 Å². The minimum Gasteiger partial charge on any atom is -0.313 e. The van der Waals surface area contributed by atoms with Crippen LogP contribution in [0.2, 0.25) is 5.02 Å². The lowest BCUT2D eigenvalue weighted by atomic mass is 10.0. The number of nitrogens with zero attached hydrogens (tertiary/aromatic N) is 1. The smallest absolute Gasteiger partial charge is 0.313 e. The normalized spacial score (nSPS) is 10.4. The SMILES string of the molecule is Cc1noc(=O)c(C)c1-c1ccc(Cl)cc1. The molecular weight excluding hydrogens is 226 g/mol. The van der Waals surface area contributed by atoms with E-state index < -0.39 is 5.63 Å². The van der Waals surface area contributed by atoms with Gasteiger partial charge < -0.3 is 4.52 Å². The van der Waals surface area contributed by atoms with Gasteiger partial charge in [-0.1, -0.05) is 28.9 Å². The predicted molar refractivity (Wildman–Crippen MR) is 62.7 cm³/mol. The maximum atomic E-state index is 11.4. The summed E-state index contributed by atoms with van der Waals surface area (Å²) < 4.78 is 4.64. The molecule has 82 valence electrons. The maximum absolute atomic E-state index is 11.4. The summed E-state index contributed by atoms with van der Waals surface area (Å²) in [7, 11) is 0. The van der Waals surface area contributed by atoms with Gasteiger partial charge in [-0.15, -0.1) is 0 Å². The van der Waals surface area contributed by atoms with E-state index in [2.05, 4.69) is 9.68 Å². The van der Waals surface area contributed by atoms with Crippen molar-refractivity contribution < 1.29 is 4.52 Å². The van der Waals surface area contributed by atoms with E-state index in [4.69, 9.17) is 11.6 Å². The highest BCUT2D eigenvalue weighted by atomic mass is 35.5. The van der Waals surface area contributed by atoms with Crippen molar-refractivity contribution in [3.63, 3.8) is 0 Å². The second kappa shape index (κ2) is 4.10. The van der Waals surface area contributed by atoms with Gasteiger partial charge in [-0.2, -0.15) is 0 Å². The quantitative estimate of drug-likeness (QED) is 0.763. The van der Waals surface area contributed by atoms with Crippen molar-refractivity contribution in [2.24, 2.45) is 0 Å². The second-order valence-electron chi connectivity index (χ2n) is 3.56. The Bertz CT molecular complexity index is 573. The highest BCUT2D eigenvalue weighted by molar-refractivity contribution is 6.30. The molecule has 0 unspecified atom stereocenters. The average Bonchev–Trinajstić information content (AvgIpc) is 2.27. The van der Waals surface area contributed by atoms with Crippen molar-refractivity contribution in [3.05, 3.63) is 51.0 Å². The first-order valence-corrected chi connectivity index (χ1v) is 5.20. The standard InChI is InChI=1S/C12H10ClNO2/c1-7-11(8(2)14-16-12(7)15)9-3-5-10(13)6-4-9/h3-6H,1-2H3. The number of aryl methyl sites for hydroxylation is 1. The molecule has 2 aromatic rings. The molecule has 0 amide bonds. The summed E-state index contributed by atoms with van der Waals surface area (Å²) in [5.74, 6) is 0. The third-order valence-electron chi connectivity index (χ3n) is 2.44. The maximum Gasteiger partial charge on any atom is 0.362 e. The van der Waals surface area contributed by atoms with E-state index in [1.54, 1.807) is 26.0 Å². The summed E-state index contributed by atoms with van der Waals surface area (Å²) in [6, 6.07) is 7.28. The summed E-state index contributed by atoms with van der Waals surface area (Å²) in [4.78, 5) is 11.4. The molecule has 2 rings (SSSR count). The molecule has 0 saturated heterocycles. The first-order valence-electron chi connectivity index (χ1n) is 4.82. The minimum atomic E-state index is -0.407. The summed E-state index contributed by atoms with van der Waals surface area (Å²) >= 11 is 5.81. The van der Waals surface area contributed by atoms with E-state index in [0.29, 0.717) is 16.3 Å². The minimum absolute atomic E-state index is 0.407. The molecule has 16 heavy (non-hydrogen) atoms. The number of hydrogen-bond donors (Lipinski definition) is 0. The molecule has 0 spiro atoms. The number of benzene rings is 1. The van der Waals surface area contributed by atoms with Crippen LogP contribution in [0.5, 0.6) is 0 Å². The zero-order chi connectivity index (χ0) is 11.7. The average molecular weight is 236 g/mol. The molecule has 1 heterocycles. The van der Waals surface area contributed by atoms with E-state index in [1.165, 1.54) is 0 Å². The number of rotatable bonds is 1. The Morgan fingerprint density at radius 1 is 1.19 bits per heavy atom. The van der Waals surface area contributed by atoms with Crippen LogP contribution in [0.15, 0.2) is 33.6 Å². The molecule has 0 radical (unpaired) electrons. The molecule has 0 aliphatic heterocycles. The van der Waals surface area contributed by atoms with E-state index >= 15 is 0 Å².